The van der Waals surface area contributed by atoms with E-state index in [1.807, 2.05) is 18.2 Å². The number of nitrogens with zero attached hydrogens (tertiary/aromatic N) is 4. The fourth-order valence-corrected chi connectivity index (χ4v) is 2.91. The summed E-state index contributed by atoms with van der Waals surface area (Å²) in [6, 6.07) is 5.78. The van der Waals surface area contributed by atoms with Gasteiger partial charge in [0.2, 0.25) is 11.9 Å². The number of nitrogen functional groups attached to an aromatic ring is 1. The molecule has 0 amide bonds. The molecule has 2 heterocycles. The van der Waals surface area contributed by atoms with E-state index in [0.29, 0.717) is 29.7 Å². The fraction of sp³-hybridized carbons (Fsp3) is 0.471. The molecule has 128 valence electrons. The molecule has 0 spiro atoms. The molecule has 24 heavy (non-hydrogen) atoms. The maximum absolute atomic E-state index is 5.89. The van der Waals surface area contributed by atoms with Crippen LogP contribution in [-0.4, -0.2) is 42.3 Å². The van der Waals surface area contributed by atoms with Crippen molar-refractivity contribution < 1.29 is 9.47 Å². The molecule has 0 radical (unpaired) electrons. The van der Waals surface area contributed by atoms with Crippen molar-refractivity contribution in [2.24, 2.45) is 0 Å². The van der Waals surface area contributed by atoms with Crippen LogP contribution in [0.2, 0.25) is 0 Å². The van der Waals surface area contributed by atoms with Crippen molar-refractivity contribution in [2.75, 3.05) is 37.9 Å². The van der Waals surface area contributed by atoms with Crippen LogP contribution in [-0.2, 0) is 6.42 Å². The van der Waals surface area contributed by atoms with E-state index < -0.39 is 0 Å². The van der Waals surface area contributed by atoms with E-state index in [1.165, 1.54) is 6.42 Å². The number of piperidine rings is 1. The van der Waals surface area contributed by atoms with Gasteiger partial charge in [-0.25, -0.2) is 0 Å². The Bertz CT molecular complexity index is 701. The van der Waals surface area contributed by atoms with Gasteiger partial charge >= 0.3 is 0 Å². The lowest BCUT2D eigenvalue weighted by molar-refractivity contribution is 0.354. The molecule has 1 aromatic carbocycles. The molecular weight excluding hydrogens is 306 g/mol. The minimum absolute atomic E-state index is 0.265. The number of nitrogens with two attached hydrogens (primary N) is 1. The molecule has 2 N–H and O–H groups in total. The van der Waals surface area contributed by atoms with Crippen molar-refractivity contribution in [3.8, 4) is 11.5 Å². The van der Waals surface area contributed by atoms with Gasteiger partial charge in [-0.1, -0.05) is 6.07 Å². The predicted molar refractivity (Wildman–Crippen MR) is 92.7 cm³/mol. The Hall–Kier alpha value is -2.57. The number of methoxy groups -OCH3 is 2. The molecule has 7 nitrogen and oxygen atoms in total. The Labute approximate surface area is 141 Å². The van der Waals surface area contributed by atoms with E-state index in [9.17, 15) is 0 Å². The van der Waals surface area contributed by atoms with Gasteiger partial charge in [-0.3, -0.25) is 0 Å². The highest BCUT2D eigenvalue weighted by atomic mass is 16.5. The van der Waals surface area contributed by atoms with Gasteiger partial charge in [0.15, 0.2) is 11.5 Å². The lowest BCUT2D eigenvalue weighted by Crippen LogP contribution is -2.31. The van der Waals surface area contributed by atoms with Gasteiger partial charge in [-0.05, 0) is 37.0 Å². The highest BCUT2D eigenvalue weighted by Crippen LogP contribution is 2.28. The van der Waals surface area contributed by atoms with Crippen LogP contribution in [0.25, 0.3) is 0 Å². The molecule has 1 aromatic heterocycles. The van der Waals surface area contributed by atoms with Gasteiger partial charge in [0, 0.05) is 19.5 Å². The summed E-state index contributed by atoms with van der Waals surface area (Å²) in [7, 11) is 3.24. The van der Waals surface area contributed by atoms with E-state index in [-0.39, 0.29) is 5.95 Å². The van der Waals surface area contributed by atoms with E-state index >= 15 is 0 Å². The monoisotopic (exact) mass is 329 g/mol. The molecule has 0 atom stereocenters. The first-order valence-corrected chi connectivity index (χ1v) is 8.16. The van der Waals surface area contributed by atoms with E-state index in [0.717, 1.165) is 31.5 Å². The highest BCUT2D eigenvalue weighted by Gasteiger charge is 2.16. The standard InChI is InChI=1S/C17H23N5O2/c1-23-13-7-6-12(10-14(13)24-2)11-15-19-16(18)21-17(20-15)22-8-4-3-5-9-22/h6-7,10H,3-5,8-9,11H2,1-2H3,(H2,18,19,20,21). The van der Waals surface area contributed by atoms with Crippen molar-refractivity contribution in [3.63, 3.8) is 0 Å². The first-order valence-electron chi connectivity index (χ1n) is 8.16. The van der Waals surface area contributed by atoms with Gasteiger partial charge < -0.3 is 20.1 Å². The molecule has 3 rings (SSSR count). The van der Waals surface area contributed by atoms with Crippen molar-refractivity contribution in [2.45, 2.75) is 25.7 Å². The van der Waals surface area contributed by atoms with Gasteiger partial charge in [0.1, 0.15) is 5.82 Å². The fourth-order valence-electron chi connectivity index (χ4n) is 2.91. The maximum Gasteiger partial charge on any atom is 0.230 e. The third kappa shape index (κ3) is 3.67. The second-order valence-corrected chi connectivity index (χ2v) is 5.82. The number of benzene rings is 1. The molecule has 1 aliphatic rings. The summed E-state index contributed by atoms with van der Waals surface area (Å²) >= 11 is 0. The Balaban J connectivity index is 1.83. The van der Waals surface area contributed by atoms with Crippen LogP contribution in [0.1, 0.15) is 30.7 Å². The molecule has 0 unspecified atom stereocenters. The van der Waals surface area contributed by atoms with Crippen LogP contribution in [0.15, 0.2) is 18.2 Å². The summed E-state index contributed by atoms with van der Waals surface area (Å²) < 4.78 is 10.6. The van der Waals surface area contributed by atoms with Crippen molar-refractivity contribution in [1.29, 1.82) is 0 Å². The molecule has 0 bridgehead atoms. The normalized spacial score (nSPS) is 14.5. The van der Waals surface area contributed by atoms with E-state index in [1.54, 1.807) is 14.2 Å². The highest BCUT2D eigenvalue weighted by molar-refractivity contribution is 5.44. The quantitative estimate of drug-likeness (QED) is 0.898. The second kappa shape index (κ2) is 7.33. The third-order valence-corrected chi connectivity index (χ3v) is 4.14. The van der Waals surface area contributed by atoms with Gasteiger partial charge in [-0.2, -0.15) is 15.0 Å². The Morgan fingerprint density at radius 1 is 1.00 bits per heavy atom. The summed E-state index contributed by atoms with van der Waals surface area (Å²) in [5.41, 5.74) is 6.92. The Morgan fingerprint density at radius 2 is 1.75 bits per heavy atom. The smallest absolute Gasteiger partial charge is 0.230 e. The Morgan fingerprint density at radius 3 is 2.46 bits per heavy atom. The number of anilines is 2. The topological polar surface area (TPSA) is 86.4 Å². The molecule has 1 fully saturated rings. The first kappa shape index (κ1) is 16.3. The van der Waals surface area contributed by atoms with Crippen molar-refractivity contribution in [3.05, 3.63) is 29.6 Å². The van der Waals surface area contributed by atoms with Crippen LogP contribution >= 0.6 is 0 Å². The number of hydrogen-bond acceptors (Lipinski definition) is 7. The average molecular weight is 329 g/mol. The zero-order valence-electron chi connectivity index (χ0n) is 14.2. The average Bonchev–Trinajstić information content (AvgIpc) is 2.62. The van der Waals surface area contributed by atoms with E-state index in [4.69, 9.17) is 15.2 Å². The number of aromatic nitrogens is 3. The van der Waals surface area contributed by atoms with Crippen LogP contribution in [0.4, 0.5) is 11.9 Å². The number of ether oxygens (including phenoxy) is 2. The summed E-state index contributed by atoms with van der Waals surface area (Å²) in [5, 5.41) is 0. The lowest BCUT2D eigenvalue weighted by atomic mass is 10.1. The molecule has 7 heteroatoms. The van der Waals surface area contributed by atoms with Gasteiger partial charge in [0.25, 0.3) is 0 Å². The first-order chi connectivity index (χ1) is 11.7. The van der Waals surface area contributed by atoms with Crippen LogP contribution < -0.4 is 20.1 Å². The van der Waals surface area contributed by atoms with Crippen LogP contribution in [0, 0.1) is 0 Å². The van der Waals surface area contributed by atoms with Gasteiger partial charge in [-0.15, -0.1) is 0 Å². The zero-order valence-corrected chi connectivity index (χ0v) is 14.2. The van der Waals surface area contributed by atoms with Crippen LogP contribution in [0.5, 0.6) is 11.5 Å². The molecule has 0 aliphatic carbocycles. The predicted octanol–water partition coefficient (Wildman–Crippen LogP) is 2.05. The molecule has 2 aromatic rings. The van der Waals surface area contributed by atoms with Crippen molar-refractivity contribution in [1.82, 2.24) is 15.0 Å². The maximum atomic E-state index is 5.89. The Kier molecular flexibility index (Phi) is 4.98. The minimum atomic E-state index is 0.265. The summed E-state index contributed by atoms with van der Waals surface area (Å²) in [6.07, 6.45) is 4.15. The van der Waals surface area contributed by atoms with Crippen molar-refractivity contribution >= 4 is 11.9 Å². The summed E-state index contributed by atoms with van der Waals surface area (Å²) in [6.45, 7) is 1.94. The third-order valence-electron chi connectivity index (χ3n) is 4.14. The second-order valence-electron chi connectivity index (χ2n) is 5.82. The summed E-state index contributed by atoms with van der Waals surface area (Å²) in [5.74, 6) is 2.99. The molecule has 1 aliphatic heterocycles. The number of rotatable bonds is 5. The SMILES string of the molecule is COc1ccc(Cc2nc(N)nc(N3CCCCC3)n2)cc1OC. The molecular formula is C17H23N5O2. The molecule has 0 saturated carbocycles. The van der Waals surface area contributed by atoms with Crippen LogP contribution in [0.3, 0.4) is 0 Å². The zero-order chi connectivity index (χ0) is 16.9. The molecule has 1 saturated heterocycles. The largest absolute Gasteiger partial charge is 0.493 e. The lowest BCUT2D eigenvalue weighted by Gasteiger charge is -2.26. The summed E-state index contributed by atoms with van der Waals surface area (Å²) in [4.78, 5) is 15.4. The van der Waals surface area contributed by atoms with E-state index in [2.05, 4.69) is 19.9 Å². The minimum Gasteiger partial charge on any atom is -0.493 e. The van der Waals surface area contributed by atoms with Gasteiger partial charge in [0.05, 0.1) is 14.2 Å². The number of hydrogen-bond donors (Lipinski definition) is 1.